The Morgan fingerprint density at radius 2 is 1.85 bits per heavy atom. The third-order valence-corrected chi connectivity index (χ3v) is 4.78. The van der Waals surface area contributed by atoms with E-state index >= 15 is 0 Å². The molecule has 5 heteroatoms. The minimum atomic E-state index is 0.128. The van der Waals surface area contributed by atoms with Crippen LogP contribution in [0.15, 0.2) is 0 Å². The fourth-order valence-electron chi connectivity index (χ4n) is 2.53. The summed E-state index contributed by atoms with van der Waals surface area (Å²) in [7, 11) is 4.20. The van der Waals surface area contributed by atoms with Crippen LogP contribution in [0.2, 0.25) is 0 Å². The number of hydrogen-bond donors (Lipinski definition) is 1. The molecule has 1 fully saturated rings. The number of nitrogens with zero attached hydrogens (tertiary/aromatic N) is 3. The molecule has 0 aliphatic carbocycles. The number of rotatable bonds is 4. The summed E-state index contributed by atoms with van der Waals surface area (Å²) in [5, 5.41) is 4.54. The lowest BCUT2D eigenvalue weighted by Gasteiger charge is -2.31. The summed E-state index contributed by atoms with van der Waals surface area (Å²) >= 11 is 1.88. The number of aromatic nitrogens is 1. The molecular weight excluding hydrogens is 268 g/mol. The van der Waals surface area contributed by atoms with E-state index in [1.165, 1.54) is 28.7 Å². The third kappa shape index (κ3) is 4.01. The van der Waals surface area contributed by atoms with Crippen molar-refractivity contribution in [2.75, 3.05) is 40.3 Å². The molecule has 0 radical (unpaired) electrons. The number of likely N-dealkylation sites (N-methyl/N-ethyl adjacent to an activating group) is 1. The van der Waals surface area contributed by atoms with Crippen LogP contribution in [0.5, 0.6) is 0 Å². The van der Waals surface area contributed by atoms with Gasteiger partial charge in [0.25, 0.3) is 0 Å². The molecule has 20 heavy (non-hydrogen) atoms. The zero-order chi connectivity index (χ0) is 14.8. The Bertz CT molecular complexity index is 428. The van der Waals surface area contributed by atoms with Crippen molar-refractivity contribution in [3.63, 3.8) is 0 Å². The van der Waals surface area contributed by atoms with Gasteiger partial charge in [-0.1, -0.05) is 20.8 Å². The van der Waals surface area contributed by atoms with E-state index in [1.807, 2.05) is 18.4 Å². The van der Waals surface area contributed by atoms with Crippen molar-refractivity contribution in [1.29, 1.82) is 0 Å². The maximum atomic E-state index is 4.94. The maximum absolute atomic E-state index is 4.94. The van der Waals surface area contributed by atoms with Gasteiger partial charge in [-0.05, 0) is 14.1 Å². The summed E-state index contributed by atoms with van der Waals surface area (Å²) in [6.45, 7) is 13.3. The van der Waals surface area contributed by atoms with E-state index < -0.39 is 0 Å². The van der Waals surface area contributed by atoms with Crippen molar-refractivity contribution in [3.05, 3.63) is 15.6 Å². The first-order valence-corrected chi connectivity index (χ1v) is 8.26. The molecule has 1 aliphatic rings. The van der Waals surface area contributed by atoms with E-state index in [-0.39, 0.29) is 5.41 Å². The Balaban J connectivity index is 2.08. The number of thiazole rings is 1. The molecule has 1 N–H and O–H groups in total. The second kappa shape index (κ2) is 6.52. The molecule has 114 valence electrons. The molecule has 0 aromatic carbocycles. The van der Waals surface area contributed by atoms with Crippen LogP contribution in [0.4, 0.5) is 0 Å². The van der Waals surface area contributed by atoms with Gasteiger partial charge in [-0.15, -0.1) is 11.3 Å². The molecule has 1 saturated heterocycles. The van der Waals surface area contributed by atoms with E-state index in [0.717, 1.165) is 26.2 Å². The lowest BCUT2D eigenvalue weighted by Crippen LogP contribution is -2.43. The first-order valence-electron chi connectivity index (χ1n) is 7.44. The Morgan fingerprint density at radius 3 is 2.40 bits per heavy atom. The second-order valence-corrected chi connectivity index (χ2v) is 7.91. The molecule has 4 nitrogen and oxygen atoms in total. The van der Waals surface area contributed by atoms with Gasteiger partial charge < -0.3 is 10.2 Å². The molecule has 0 bridgehead atoms. The molecule has 1 aromatic rings. The van der Waals surface area contributed by atoms with Crippen molar-refractivity contribution in [2.24, 2.45) is 0 Å². The van der Waals surface area contributed by atoms with Crippen LogP contribution in [-0.4, -0.2) is 55.1 Å². The van der Waals surface area contributed by atoms with E-state index in [9.17, 15) is 0 Å². The van der Waals surface area contributed by atoms with Crippen molar-refractivity contribution >= 4 is 11.3 Å². The van der Waals surface area contributed by atoms with Crippen molar-refractivity contribution < 1.29 is 0 Å². The Morgan fingerprint density at radius 1 is 1.20 bits per heavy atom. The van der Waals surface area contributed by atoms with Crippen LogP contribution >= 0.6 is 11.3 Å². The highest BCUT2D eigenvalue weighted by atomic mass is 32.1. The fourth-order valence-corrected chi connectivity index (χ4v) is 3.87. The Labute approximate surface area is 127 Å². The normalized spacial score (nSPS) is 18.6. The smallest absolute Gasteiger partial charge is 0.107 e. The standard InChI is InChI=1S/C15H28N4S/c1-15(2,3)14-12(10-16-4)20-13(17-14)11-19-8-6-18(5)7-9-19/h16H,6-11H2,1-5H3. The molecule has 0 amide bonds. The zero-order valence-electron chi connectivity index (χ0n) is 13.5. The minimum Gasteiger partial charge on any atom is -0.315 e. The highest BCUT2D eigenvalue weighted by Crippen LogP contribution is 2.30. The van der Waals surface area contributed by atoms with Gasteiger partial charge in [0, 0.05) is 43.0 Å². The number of piperazine rings is 1. The van der Waals surface area contributed by atoms with Crippen LogP contribution in [0.1, 0.15) is 36.3 Å². The number of nitrogens with one attached hydrogen (secondary N) is 1. The lowest BCUT2D eigenvalue weighted by atomic mass is 9.91. The van der Waals surface area contributed by atoms with Gasteiger partial charge in [0.1, 0.15) is 5.01 Å². The summed E-state index contributed by atoms with van der Waals surface area (Å²) in [5.74, 6) is 0. The maximum Gasteiger partial charge on any atom is 0.107 e. The second-order valence-electron chi connectivity index (χ2n) is 6.74. The summed E-state index contributed by atoms with van der Waals surface area (Å²) in [6.07, 6.45) is 0. The van der Waals surface area contributed by atoms with Crippen molar-refractivity contribution in [3.8, 4) is 0 Å². The van der Waals surface area contributed by atoms with Gasteiger partial charge in [-0.25, -0.2) is 4.98 Å². The van der Waals surface area contributed by atoms with Gasteiger partial charge in [0.05, 0.1) is 12.2 Å². The Hall–Kier alpha value is -0.490. The first kappa shape index (κ1) is 15.9. The van der Waals surface area contributed by atoms with Crippen molar-refractivity contribution in [2.45, 2.75) is 39.3 Å². The highest BCUT2D eigenvalue weighted by molar-refractivity contribution is 7.11. The zero-order valence-corrected chi connectivity index (χ0v) is 14.3. The average Bonchev–Trinajstić information content (AvgIpc) is 2.75. The SMILES string of the molecule is CNCc1sc(CN2CCN(C)CC2)nc1C(C)(C)C. The summed E-state index contributed by atoms with van der Waals surface area (Å²) in [5.41, 5.74) is 1.39. The van der Waals surface area contributed by atoms with E-state index in [0.29, 0.717) is 0 Å². The monoisotopic (exact) mass is 296 g/mol. The predicted molar refractivity (Wildman–Crippen MR) is 86.4 cm³/mol. The van der Waals surface area contributed by atoms with Gasteiger partial charge in [0.2, 0.25) is 0 Å². The molecule has 0 atom stereocenters. The highest BCUT2D eigenvalue weighted by Gasteiger charge is 2.24. The Kier molecular flexibility index (Phi) is 5.18. The van der Waals surface area contributed by atoms with Crippen molar-refractivity contribution in [1.82, 2.24) is 20.1 Å². The van der Waals surface area contributed by atoms with Gasteiger partial charge in [-0.3, -0.25) is 4.90 Å². The quantitative estimate of drug-likeness (QED) is 0.920. The van der Waals surface area contributed by atoms with E-state index in [4.69, 9.17) is 4.98 Å². The largest absolute Gasteiger partial charge is 0.315 e. The molecule has 2 rings (SSSR count). The third-order valence-electron chi connectivity index (χ3n) is 3.74. The fraction of sp³-hybridized carbons (Fsp3) is 0.800. The summed E-state index contributed by atoms with van der Waals surface area (Å²) in [6, 6.07) is 0. The lowest BCUT2D eigenvalue weighted by molar-refractivity contribution is 0.148. The van der Waals surface area contributed by atoms with Crippen LogP contribution in [0.25, 0.3) is 0 Å². The number of hydrogen-bond acceptors (Lipinski definition) is 5. The van der Waals surface area contributed by atoms with E-state index in [1.54, 1.807) is 0 Å². The van der Waals surface area contributed by atoms with Crippen LogP contribution in [-0.2, 0) is 18.5 Å². The molecule has 1 aliphatic heterocycles. The molecule has 0 saturated carbocycles. The summed E-state index contributed by atoms with van der Waals surface area (Å²) < 4.78 is 0. The van der Waals surface area contributed by atoms with Crippen LogP contribution in [0.3, 0.4) is 0 Å². The molecule has 2 heterocycles. The van der Waals surface area contributed by atoms with Gasteiger partial charge in [-0.2, -0.15) is 0 Å². The minimum absolute atomic E-state index is 0.128. The van der Waals surface area contributed by atoms with Gasteiger partial charge >= 0.3 is 0 Å². The first-order chi connectivity index (χ1) is 9.40. The predicted octanol–water partition coefficient (Wildman–Crippen LogP) is 1.91. The average molecular weight is 296 g/mol. The molecule has 0 spiro atoms. The molecule has 1 aromatic heterocycles. The topological polar surface area (TPSA) is 31.4 Å². The van der Waals surface area contributed by atoms with Crippen LogP contribution in [0, 0.1) is 0 Å². The summed E-state index contributed by atoms with van der Waals surface area (Å²) in [4.78, 5) is 11.2. The van der Waals surface area contributed by atoms with Gasteiger partial charge in [0.15, 0.2) is 0 Å². The van der Waals surface area contributed by atoms with Crippen LogP contribution < -0.4 is 5.32 Å². The molecular formula is C15H28N4S. The molecule has 0 unspecified atom stereocenters. The van der Waals surface area contributed by atoms with E-state index in [2.05, 4.69) is 42.9 Å².